The predicted molar refractivity (Wildman–Crippen MR) is 117 cm³/mol. The number of carbonyl (C=O) groups is 1. The van der Waals surface area contributed by atoms with Crippen molar-refractivity contribution in [3.8, 4) is 0 Å². The van der Waals surface area contributed by atoms with Crippen LogP contribution in [0.15, 0.2) is 27.7 Å². The molecular weight excluding hydrogens is 495 g/mol. The van der Waals surface area contributed by atoms with Gasteiger partial charge < -0.3 is 15.5 Å². The molecule has 2 N–H and O–H groups in total. The fourth-order valence-electron chi connectivity index (χ4n) is 3.62. The van der Waals surface area contributed by atoms with E-state index in [4.69, 9.17) is 0 Å². The van der Waals surface area contributed by atoms with Gasteiger partial charge in [0.05, 0.1) is 6.54 Å². The van der Waals surface area contributed by atoms with Crippen molar-refractivity contribution in [3.63, 3.8) is 0 Å². The van der Waals surface area contributed by atoms with Gasteiger partial charge in [-0.15, -0.1) is 24.0 Å². The lowest BCUT2D eigenvalue weighted by atomic mass is 9.68. The standard InChI is InChI=1S/C18H25BrN4O.HI/c1-13-4-5-14(19)10-15(13)22-16(24)11-21-17(20-2)23-9-8-18(12-23)6-3-7-18;/h4-5,10H,3,6-9,11-12H2,1-2H3,(H,20,21)(H,22,24);1H. The second-order valence-corrected chi connectivity index (χ2v) is 7.85. The lowest BCUT2D eigenvalue weighted by Crippen LogP contribution is -2.44. The van der Waals surface area contributed by atoms with Gasteiger partial charge in [0, 0.05) is 30.3 Å². The van der Waals surface area contributed by atoms with Crippen molar-refractivity contribution in [1.82, 2.24) is 10.2 Å². The van der Waals surface area contributed by atoms with Crippen LogP contribution >= 0.6 is 39.9 Å². The third kappa shape index (κ3) is 4.87. The zero-order valence-corrected chi connectivity index (χ0v) is 18.7. The molecule has 0 atom stereocenters. The quantitative estimate of drug-likeness (QED) is 0.362. The summed E-state index contributed by atoms with van der Waals surface area (Å²) in [5.41, 5.74) is 2.40. The minimum absolute atomic E-state index is 0. The van der Waals surface area contributed by atoms with Gasteiger partial charge in [-0.3, -0.25) is 9.79 Å². The van der Waals surface area contributed by atoms with E-state index in [1.807, 2.05) is 25.1 Å². The van der Waals surface area contributed by atoms with Crippen molar-refractivity contribution in [3.05, 3.63) is 28.2 Å². The van der Waals surface area contributed by atoms with Crippen molar-refractivity contribution < 1.29 is 4.79 Å². The Morgan fingerprint density at radius 3 is 2.72 bits per heavy atom. The first-order valence-electron chi connectivity index (χ1n) is 8.53. The number of benzene rings is 1. The van der Waals surface area contributed by atoms with Crippen LogP contribution in [-0.2, 0) is 4.79 Å². The summed E-state index contributed by atoms with van der Waals surface area (Å²) < 4.78 is 0.954. The molecule has 1 aromatic rings. The first-order valence-corrected chi connectivity index (χ1v) is 9.32. The Kier molecular flexibility index (Phi) is 7.13. The second-order valence-electron chi connectivity index (χ2n) is 6.93. The van der Waals surface area contributed by atoms with Gasteiger partial charge in [0.2, 0.25) is 5.91 Å². The van der Waals surface area contributed by atoms with Crippen molar-refractivity contribution in [2.75, 3.05) is 32.0 Å². The summed E-state index contributed by atoms with van der Waals surface area (Å²) in [6, 6.07) is 5.87. The second kappa shape index (κ2) is 8.70. The van der Waals surface area contributed by atoms with Crippen LogP contribution in [0.2, 0.25) is 0 Å². The summed E-state index contributed by atoms with van der Waals surface area (Å²) in [7, 11) is 1.78. The number of guanidine groups is 1. The van der Waals surface area contributed by atoms with E-state index in [1.165, 1.54) is 25.7 Å². The largest absolute Gasteiger partial charge is 0.347 e. The Labute approximate surface area is 175 Å². The number of nitrogens with zero attached hydrogens (tertiary/aromatic N) is 2. The number of halogens is 2. The highest BCUT2D eigenvalue weighted by atomic mass is 127. The molecule has 1 aliphatic heterocycles. The minimum Gasteiger partial charge on any atom is -0.347 e. The van der Waals surface area contributed by atoms with Crippen LogP contribution in [0.4, 0.5) is 5.69 Å². The maximum atomic E-state index is 12.2. The van der Waals surface area contributed by atoms with Crippen LogP contribution in [0.5, 0.6) is 0 Å². The summed E-state index contributed by atoms with van der Waals surface area (Å²) in [5.74, 6) is 0.773. The molecule has 2 fully saturated rings. The van der Waals surface area contributed by atoms with Crippen LogP contribution < -0.4 is 10.6 Å². The highest BCUT2D eigenvalue weighted by molar-refractivity contribution is 14.0. The molecular formula is C18H26BrIN4O. The van der Waals surface area contributed by atoms with Crippen molar-refractivity contribution in [2.45, 2.75) is 32.6 Å². The molecule has 0 radical (unpaired) electrons. The van der Waals surface area contributed by atoms with E-state index in [2.05, 4.69) is 36.5 Å². The number of anilines is 1. The number of aryl methyl sites for hydroxylation is 1. The van der Waals surface area contributed by atoms with Gasteiger partial charge in [-0.05, 0) is 49.3 Å². The van der Waals surface area contributed by atoms with Gasteiger partial charge in [-0.1, -0.05) is 28.4 Å². The third-order valence-corrected chi connectivity index (χ3v) is 5.74. The molecule has 1 amide bonds. The molecule has 1 heterocycles. The fraction of sp³-hybridized carbons (Fsp3) is 0.556. The molecule has 3 rings (SSSR count). The topological polar surface area (TPSA) is 56.7 Å². The van der Waals surface area contributed by atoms with E-state index in [-0.39, 0.29) is 36.4 Å². The van der Waals surface area contributed by atoms with E-state index in [0.29, 0.717) is 5.41 Å². The van der Waals surface area contributed by atoms with Gasteiger partial charge in [0.15, 0.2) is 5.96 Å². The molecule has 0 unspecified atom stereocenters. The van der Waals surface area contributed by atoms with Gasteiger partial charge in [0.1, 0.15) is 0 Å². The van der Waals surface area contributed by atoms with Gasteiger partial charge in [-0.2, -0.15) is 0 Å². The molecule has 0 bridgehead atoms. The zero-order valence-electron chi connectivity index (χ0n) is 14.8. The van der Waals surface area contributed by atoms with Gasteiger partial charge in [0.25, 0.3) is 0 Å². The van der Waals surface area contributed by atoms with E-state index < -0.39 is 0 Å². The Bertz CT molecular complexity index is 660. The summed E-state index contributed by atoms with van der Waals surface area (Å²) in [5, 5.41) is 6.16. The van der Waals surface area contributed by atoms with Crippen molar-refractivity contribution >= 4 is 57.5 Å². The Morgan fingerprint density at radius 2 is 2.12 bits per heavy atom. The van der Waals surface area contributed by atoms with Crippen LogP contribution in [0.1, 0.15) is 31.2 Å². The van der Waals surface area contributed by atoms with Crippen LogP contribution in [-0.4, -0.2) is 43.4 Å². The molecule has 1 saturated carbocycles. The molecule has 1 spiro atoms. The van der Waals surface area contributed by atoms with Crippen LogP contribution in [0.3, 0.4) is 0 Å². The Morgan fingerprint density at radius 1 is 1.36 bits per heavy atom. The van der Waals surface area contributed by atoms with E-state index in [0.717, 1.165) is 34.8 Å². The fourth-order valence-corrected chi connectivity index (χ4v) is 3.98. The molecule has 0 aromatic heterocycles. The average molecular weight is 521 g/mol. The molecule has 138 valence electrons. The SMILES string of the molecule is CN=C(NCC(=O)Nc1cc(Br)ccc1C)N1CCC2(CCC2)C1.I. The minimum atomic E-state index is -0.0603. The summed E-state index contributed by atoms with van der Waals surface area (Å²) >= 11 is 3.43. The smallest absolute Gasteiger partial charge is 0.243 e. The molecule has 1 aromatic carbocycles. The molecule has 1 saturated heterocycles. The van der Waals surface area contributed by atoms with E-state index in [9.17, 15) is 4.79 Å². The first kappa shape index (κ1) is 20.5. The van der Waals surface area contributed by atoms with E-state index in [1.54, 1.807) is 7.05 Å². The van der Waals surface area contributed by atoms with Crippen molar-refractivity contribution in [1.29, 1.82) is 0 Å². The monoisotopic (exact) mass is 520 g/mol. The number of rotatable bonds is 3. The number of aliphatic imine (C=N–C) groups is 1. The molecule has 5 nitrogen and oxygen atoms in total. The molecule has 25 heavy (non-hydrogen) atoms. The van der Waals surface area contributed by atoms with Gasteiger partial charge >= 0.3 is 0 Å². The molecule has 7 heteroatoms. The number of likely N-dealkylation sites (tertiary alicyclic amines) is 1. The predicted octanol–water partition coefficient (Wildman–Crippen LogP) is 3.77. The summed E-state index contributed by atoms with van der Waals surface area (Å²) in [6.45, 7) is 4.31. The summed E-state index contributed by atoms with van der Waals surface area (Å²) in [6.07, 6.45) is 5.28. The lowest BCUT2D eigenvalue weighted by Gasteiger charge is -2.38. The van der Waals surface area contributed by atoms with Crippen LogP contribution in [0.25, 0.3) is 0 Å². The number of hydrogen-bond donors (Lipinski definition) is 2. The molecule has 2 aliphatic rings. The number of carbonyl (C=O) groups excluding carboxylic acids is 1. The Balaban J connectivity index is 0.00000225. The number of nitrogens with one attached hydrogen (secondary N) is 2. The number of hydrogen-bond acceptors (Lipinski definition) is 2. The average Bonchev–Trinajstić information content (AvgIpc) is 2.97. The van der Waals surface area contributed by atoms with Gasteiger partial charge in [-0.25, -0.2) is 0 Å². The highest BCUT2D eigenvalue weighted by Crippen LogP contribution is 2.47. The normalized spacial score (nSPS) is 18.5. The maximum Gasteiger partial charge on any atom is 0.243 e. The third-order valence-electron chi connectivity index (χ3n) is 5.24. The summed E-state index contributed by atoms with van der Waals surface area (Å²) in [4.78, 5) is 18.9. The highest BCUT2D eigenvalue weighted by Gasteiger charge is 2.43. The van der Waals surface area contributed by atoms with Crippen LogP contribution in [0, 0.1) is 12.3 Å². The number of amides is 1. The zero-order chi connectivity index (χ0) is 17.2. The lowest BCUT2D eigenvalue weighted by molar-refractivity contribution is -0.115. The molecule has 1 aliphatic carbocycles. The Hall–Kier alpha value is -0.830. The first-order chi connectivity index (χ1) is 11.5. The maximum absolute atomic E-state index is 12.2. The van der Waals surface area contributed by atoms with E-state index >= 15 is 0 Å². The van der Waals surface area contributed by atoms with Crippen molar-refractivity contribution in [2.24, 2.45) is 10.4 Å².